The third-order valence-corrected chi connectivity index (χ3v) is 7.93. The van der Waals surface area contributed by atoms with E-state index in [0.717, 1.165) is 58.2 Å². The molecule has 0 bridgehead atoms. The molecule has 190 valence electrons. The van der Waals surface area contributed by atoms with Crippen LogP contribution < -0.4 is 4.90 Å². The first kappa shape index (κ1) is 25.6. The number of nitrogens with zero attached hydrogens (tertiary/aromatic N) is 5. The molecular weight excluding hydrogens is 525 g/mol. The Balaban J connectivity index is 1.17. The van der Waals surface area contributed by atoms with Crippen LogP contribution in [0, 0.1) is 0 Å². The van der Waals surface area contributed by atoms with Gasteiger partial charge in [-0.3, -0.25) is 9.36 Å². The number of benzene rings is 3. The number of rotatable bonds is 8. The monoisotopic (exact) mass is 551 g/mol. The lowest BCUT2D eigenvalue weighted by molar-refractivity contribution is -0.131. The van der Waals surface area contributed by atoms with Gasteiger partial charge in [-0.15, -0.1) is 10.2 Å². The second-order valence-corrected chi connectivity index (χ2v) is 10.7. The molecular formula is C28H27Cl2N5OS. The summed E-state index contributed by atoms with van der Waals surface area (Å²) in [6, 6.07) is 25.5. The Kier molecular flexibility index (Phi) is 8.34. The van der Waals surface area contributed by atoms with E-state index in [1.165, 1.54) is 0 Å². The topological polar surface area (TPSA) is 54.3 Å². The molecule has 1 amide bonds. The lowest BCUT2D eigenvalue weighted by atomic mass is 10.2. The number of aromatic nitrogens is 3. The maximum atomic E-state index is 12.9. The number of para-hydroxylation sites is 2. The molecule has 0 atom stereocenters. The van der Waals surface area contributed by atoms with E-state index in [1.807, 2.05) is 83.8 Å². The standard InChI is InChI=1S/C28H27Cl2N5OS/c29-22-14-12-21(13-15-22)27-31-32-28(35(27)23-7-2-1-3-8-23)37-20-6-11-26(36)34-18-16-33(17-19-34)25-10-5-4-9-24(25)30/h1-5,7-10,12-15H,6,11,16-20H2. The summed E-state index contributed by atoms with van der Waals surface area (Å²) in [4.78, 5) is 17.1. The molecule has 37 heavy (non-hydrogen) atoms. The number of piperazine rings is 1. The van der Waals surface area contributed by atoms with Gasteiger partial charge in [0.25, 0.3) is 0 Å². The van der Waals surface area contributed by atoms with E-state index >= 15 is 0 Å². The molecule has 1 fully saturated rings. The predicted octanol–water partition coefficient (Wildman–Crippen LogP) is 6.46. The number of carbonyl (C=O) groups is 1. The number of anilines is 1. The van der Waals surface area contributed by atoms with E-state index in [0.29, 0.717) is 24.5 Å². The van der Waals surface area contributed by atoms with Crippen molar-refractivity contribution in [2.75, 3.05) is 36.8 Å². The van der Waals surface area contributed by atoms with Crippen LogP contribution >= 0.6 is 35.0 Å². The maximum absolute atomic E-state index is 12.9. The number of carbonyl (C=O) groups excluding carboxylic acids is 1. The fourth-order valence-electron chi connectivity index (χ4n) is 4.41. The summed E-state index contributed by atoms with van der Waals surface area (Å²) in [5.41, 5.74) is 2.97. The fraction of sp³-hybridized carbons (Fsp3) is 0.250. The smallest absolute Gasteiger partial charge is 0.222 e. The third-order valence-electron chi connectivity index (χ3n) is 6.34. The van der Waals surface area contributed by atoms with Crippen molar-refractivity contribution in [2.24, 2.45) is 0 Å². The first-order valence-electron chi connectivity index (χ1n) is 12.3. The molecule has 2 heterocycles. The molecule has 6 nitrogen and oxygen atoms in total. The molecule has 3 aromatic carbocycles. The van der Waals surface area contributed by atoms with Gasteiger partial charge >= 0.3 is 0 Å². The van der Waals surface area contributed by atoms with Crippen molar-refractivity contribution in [1.82, 2.24) is 19.7 Å². The zero-order valence-electron chi connectivity index (χ0n) is 20.3. The van der Waals surface area contributed by atoms with E-state index < -0.39 is 0 Å². The van der Waals surface area contributed by atoms with Crippen LogP contribution in [0.15, 0.2) is 84.0 Å². The Hall–Kier alpha value is -3.00. The van der Waals surface area contributed by atoms with Crippen molar-refractivity contribution in [3.63, 3.8) is 0 Å². The predicted molar refractivity (Wildman–Crippen MR) is 152 cm³/mol. The highest BCUT2D eigenvalue weighted by Crippen LogP contribution is 2.29. The minimum atomic E-state index is 0.200. The van der Waals surface area contributed by atoms with Crippen LogP contribution in [0.1, 0.15) is 12.8 Å². The second kappa shape index (κ2) is 12.0. The highest BCUT2D eigenvalue weighted by Gasteiger charge is 2.22. The van der Waals surface area contributed by atoms with Crippen molar-refractivity contribution in [1.29, 1.82) is 0 Å². The van der Waals surface area contributed by atoms with Gasteiger partial charge in [0.1, 0.15) is 0 Å². The summed E-state index contributed by atoms with van der Waals surface area (Å²) in [7, 11) is 0. The molecule has 1 aromatic heterocycles. The highest BCUT2D eigenvalue weighted by molar-refractivity contribution is 7.99. The molecule has 5 rings (SSSR count). The minimum Gasteiger partial charge on any atom is -0.367 e. The van der Waals surface area contributed by atoms with Crippen molar-refractivity contribution in [3.05, 3.63) is 88.9 Å². The molecule has 9 heteroatoms. The number of hydrogen-bond acceptors (Lipinski definition) is 5. The zero-order chi connectivity index (χ0) is 25.6. The van der Waals surface area contributed by atoms with Crippen molar-refractivity contribution in [3.8, 4) is 17.1 Å². The van der Waals surface area contributed by atoms with E-state index in [-0.39, 0.29) is 5.91 Å². The van der Waals surface area contributed by atoms with Crippen LogP contribution in [0.25, 0.3) is 17.1 Å². The van der Waals surface area contributed by atoms with E-state index in [1.54, 1.807) is 11.8 Å². The van der Waals surface area contributed by atoms with Gasteiger partial charge in [-0.05, 0) is 55.0 Å². The van der Waals surface area contributed by atoms with Crippen LogP contribution in [0.2, 0.25) is 10.0 Å². The largest absolute Gasteiger partial charge is 0.367 e. The van der Waals surface area contributed by atoms with Gasteiger partial charge in [-0.25, -0.2) is 0 Å². The molecule has 0 N–H and O–H groups in total. The second-order valence-electron chi connectivity index (χ2n) is 8.76. The summed E-state index contributed by atoms with van der Waals surface area (Å²) >= 11 is 14.0. The molecule has 0 aliphatic carbocycles. The molecule has 0 radical (unpaired) electrons. The van der Waals surface area contributed by atoms with Gasteiger partial charge in [-0.1, -0.05) is 65.3 Å². The number of thioether (sulfide) groups is 1. The summed E-state index contributed by atoms with van der Waals surface area (Å²) in [6.45, 7) is 3.00. The summed E-state index contributed by atoms with van der Waals surface area (Å²) in [5.74, 6) is 1.74. The molecule has 1 aliphatic rings. The van der Waals surface area contributed by atoms with E-state index in [9.17, 15) is 4.79 Å². The van der Waals surface area contributed by atoms with Crippen molar-refractivity contribution in [2.45, 2.75) is 18.0 Å². The number of amides is 1. The van der Waals surface area contributed by atoms with E-state index in [2.05, 4.69) is 19.7 Å². The normalized spacial score (nSPS) is 13.7. The Morgan fingerprint density at radius 1 is 0.838 bits per heavy atom. The molecule has 0 spiro atoms. The van der Waals surface area contributed by atoms with Crippen LogP contribution in [-0.4, -0.2) is 57.5 Å². The van der Waals surface area contributed by atoms with Gasteiger partial charge in [0.05, 0.1) is 10.7 Å². The first-order valence-corrected chi connectivity index (χ1v) is 14.0. The zero-order valence-corrected chi connectivity index (χ0v) is 22.6. The third kappa shape index (κ3) is 6.12. The average Bonchev–Trinajstić information content (AvgIpc) is 3.36. The van der Waals surface area contributed by atoms with Gasteiger partial charge < -0.3 is 9.80 Å². The molecule has 1 aliphatic heterocycles. The summed E-state index contributed by atoms with van der Waals surface area (Å²) in [6.07, 6.45) is 1.29. The molecule has 4 aromatic rings. The van der Waals surface area contributed by atoms with Gasteiger partial charge in [0.15, 0.2) is 11.0 Å². The van der Waals surface area contributed by atoms with Gasteiger partial charge in [0.2, 0.25) is 5.91 Å². The van der Waals surface area contributed by atoms with Crippen LogP contribution in [0.4, 0.5) is 5.69 Å². The number of halogens is 2. The Labute approximate surface area is 231 Å². The van der Waals surface area contributed by atoms with E-state index in [4.69, 9.17) is 23.2 Å². The lowest BCUT2D eigenvalue weighted by Crippen LogP contribution is -2.48. The molecule has 0 saturated carbocycles. The van der Waals surface area contributed by atoms with Gasteiger partial charge in [0, 0.05) is 54.6 Å². The first-order chi connectivity index (χ1) is 18.1. The molecule has 1 saturated heterocycles. The highest BCUT2D eigenvalue weighted by atomic mass is 35.5. The van der Waals surface area contributed by atoms with Gasteiger partial charge in [-0.2, -0.15) is 0 Å². The maximum Gasteiger partial charge on any atom is 0.222 e. The lowest BCUT2D eigenvalue weighted by Gasteiger charge is -2.36. The number of hydrogen-bond donors (Lipinski definition) is 0. The SMILES string of the molecule is O=C(CCCSc1nnc(-c2ccc(Cl)cc2)n1-c1ccccc1)N1CCN(c2ccccc2Cl)CC1. The molecule has 0 unspecified atom stereocenters. The van der Waals surface area contributed by atoms with Crippen LogP contribution in [0.5, 0.6) is 0 Å². The van der Waals surface area contributed by atoms with Crippen LogP contribution in [0.3, 0.4) is 0 Å². The average molecular weight is 553 g/mol. The Morgan fingerprint density at radius 2 is 1.54 bits per heavy atom. The van der Waals surface area contributed by atoms with Crippen molar-refractivity contribution >= 4 is 46.6 Å². The Morgan fingerprint density at radius 3 is 2.27 bits per heavy atom. The van der Waals surface area contributed by atoms with Crippen LogP contribution in [-0.2, 0) is 4.79 Å². The van der Waals surface area contributed by atoms with Crippen molar-refractivity contribution < 1.29 is 4.79 Å². The fourth-order valence-corrected chi connectivity index (χ4v) is 5.68. The summed E-state index contributed by atoms with van der Waals surface area (Å²) < 4.78 is 2.06. The minimum absolute atomic E-state index is 0.200. The Bertz CT molecular complexity index is 1340. The summed E-state index contributed by atoms with van der Waals surface area (Å²) in [5, 5.41) is 11.2. The quantitative estimate of drug-likeness (QED) is 0.186.